The van der Waals surface area contributed by atoms with E-state index in [1.165, 1.54) is 27.1 Å². The first-order chi connectivity index (χ1) is 14.0. The molecule has 3 aromatic carbocycles. The average Bonchev–Trinajstić information content (AvgIpc) is 2.75. The van der Waals surface area contributed by atoms with Crippen LogP contribution in [0.2, 0.25) is 5.04 Å². The quantitative estimate of drug-likeness (QED) is 0.640. The van der Waals surface area contributed by atoms with Gasteiger partial charge in [0.2, 0.25) is 0 Å². The van der Waals surface area contributed by atoms with Crippen molar-refractivity contribution in [2.75, 3.05) is 6.54 Å². The summed E-state index contributed by atoms with van der Waals surface area (Å²) in [7, 11) is -2.48. The van der Waals surface area contributed by atoms with Gasteiger partial charge in [0.1, 0.15) is 0 Å². The molecule has 0 fully saturated rings. The summed E-state index contributed by atoms with van der Waals surface area (Å²) >= 11 is 0. The summed E-state index contributed by atoms with van der Waals surface area (Å²) in [6.45, 7) is 9.68. The number of benzene rings is 3. The zero-order valence-corrected chi connectivity index (χ0v) is 18.7. The molecule has 0 spiro atoms. The van der Waals surface area contributed by atoms with E-state index in [4.69, 9.17) is 4.43 Å². The minimum atomic E-state index is -2.48. The molecule has 1 aliphatic heterocycles. The lowest BCUT2D eigenvalue weighted by molar-refractivity contribution is 0.286. The van der Waals surface area contributed by atoms with Crippen LogP contribution in [0, 0.1) is 0 Å². The van der Waals surface area contributed by atoms with Gasteiger partial charge in [0.15, 0.2) is 0 Å². The van der Waals surface area contributed by atoms with Crippen molar-refractivity contribution in [3.63, 3.8) is 0 Å². The van der Waals surface area contributed by atoms with Gasteiger partial charge in [-0.2, -0.15) is 0 Å². The maximum Gasteiger partial charge on any atom is 0.261 e. The Morgan fingerprint density at radius 1 is 0.828 bits per heavy atom. The van der Waals surface area contributed by atoms with Crippen molar-refractivity contribution in [1.29, 1.82) is 0 Å². The van der Waals surface area contributed by atoms with Gasteiger partial charge in [0.25, 0.3) is 8.32 Å². The summed E-state index contributed by atoms with van der Waals surface area (Å²) in [6, 6.07) is 28.6. The Balaban J connectivity index is 1.75. The van der Waals surface area contributed by atoms with Crippen molar-refractivity contribution in [2.24, 2.45) is 0 Å². The van der Waals surface area contributed by atoms with Crippen molar-refractivity contribution in [3.05, 3.63) is 95.6 Å². The molecule has 0 radical (unpaired) electrons. The number of hydrogen-bond donors (Lipinski definition) is 1. The molecule has 0 amide bonds. The minimum Gasteiger partial charge on any atom is -0.403 e. The molecule has 4 rings (SSSR count). The van der Waals surface area contributed by atoms with Gasteiger partial charge >= 0.3 is 0 Å². The molecule has 2 nitrogen and oxygen atoms in total. The lowest BCUT2D eigenvalue weighted by Crippen LogP contribution is -2.66. The van der Waals surface area contributed by atoms with Crippen LogP contribution in [0.25, 0.3) is 0 Å². The van der Waals surface area contributed by atoms with Gasteiger partial charge in [-0.05, 0) is 45.1 Å². The Bertz CT molecular complexity index is 908. The highest BCUT2D eigenvalue weighted by molar-refractivity contribution is 6.99. The minimum absolute atomic E-state index is 0.00777. The Morgan fingerprint density at radius 3 is 2.03 bits per heavy atom. The lowest BCUT2D eigenvalue weighted by Gasteiger charge is -2.43. The van der Waals surface area contributed by atoms with E-state index in [1.807, 2.05) is 0 Å². The van der Waals surface area contributed by atoms with Gasteiger partial charge in [0, 0.05) is 6.54 Å². The summed E-state index contributed by atoms with van der Waals surface area (Å²) in [5, 5.41) is 6.13. The second kappa shape index (κ2) is 8.27. The maximum atomic E-state index is 7.07. The third-order valence-electron chi connectivity index (χ3n) is 6.03. The van der Waals surface area contributed by atoms with Crippen LogP contribution in [0.3, 0.4) is 0 Å². The van der Waals surface area contributed by atoms with E-state index in [-0.39, 0.29) is 5.04 Å². The lowest BCUT2D eigenvalue weighted by atomic mass is 9.99. The molecule has 150 valence electrons. The summed E-state index contributed by atoms with van der Waals surface area (Å²) in [5.41, 5.74) is 4.16. The highest BCUT2D eigenvalue weighted by Gasteiger charge is 2.50. The van der Waals surface area contributed by atoms with Crippen molar-refractivity contribution in [3.8, 4) is 0 Å². The van der Waals surface area contributed by atoms with Crippen LogP contribution in [0.5, 0.6) is 0 Å². The highest BCUT2D eigenvalue weighted by atomic mass is 28.4. The van der Waals surface area contributed by atoms with Crippen LogP contribution < -0.4 is 15.7 Å². The number of rotatable bonds is 5. The summed E-state index contributed by atoms with van der Waals surface area (Å²) < 4.78 is 7.07. The summed E-state index contributed by atoms with van der Waals surface area (Å²) in [6.07, 6.45) is 1.10. The molecule has 0 saturated carbocycles. The highest BCUT2D eigenvalue weighted by Crippen LogP contribution is 2.37. The van der Waals surface area contributed by atoms with Crippen molar-refractivity contribution >= 4 is 18.7 Å². The van der Waals surface area contributed by atoms with Gasteiger partial charge < -0.3 is 9.74 Å². The van der Waals surface area contributed by atoms with E-state index in [2.05, 4.69) is 105 Å². The molecule has 0 bridgehead atoms. The van der Waals surface area contributed by atoms with Gasteiger partial charge in [-0.25, -0.2) is 0 Å². The van der Waals surface area contributed by atoms with Crippen molar-refractivity contribution in [2.45, 2.75) is 45.4 Å². The van der Waals surface area contributed by atoms with E-state index in [9.17, 15) is 0 Å². The van der Waals surface area contributed by atoms with Crippen molar-refractivity contribution in [1.82, 2.24) is 5.32 Å². The number of fused-ring (bicyclic) bond motifs is 1. The third kappa shape index (κ3) is 3.95. The Hall–Kier alpha value is -2.20. The zero-order valence-electron chi connectivity index (χ0n) is 17.7. The first-order valence-electron chi connectivity index (χ1n) is 10.6. The summed E-state index contributed by atoms with van der Waals surface area (Å²) in [4.78, 5) is 0. The van der Waals surface area contributed by atoms with Crippen molar-refractivity contribution < 1.29 is 4.43 Å². The largest absolute Gasteiger partial charge is 0.403 e. The van der Waals surface area contributed by atoms with Crippen LogP contribution in [0.15, 0.2) is 78.9 Å². The molecule has 1 heterocycles. The predicted octanol–water partition coefficient (Wildman–Crippen LogP) is 4.41. The molecule has 0 saturated heterocycles. The fourth-order valence-corrected chi connectivity index (χ4v) is 9.11. The van der Waals surface area contributed by atoms with Crippen LogP contribution in [0.4, 0.5) is 0 Å². The van der Waals surface area contributed by atoms with Gasteiger partial charge in [-0.1, -0.05) is 99.6 Å². The van der Waals surface area contributed by atoms with Gasteiger partial charge in [-0.15, -0.1) is 0 Å². The molecule has 0 aliphatic carbocycles. The zero-order chi connectivity index (χ0) is 20.3. The second-order valence-corrected chi connectivity index (χ2v) is 13.3. The average molecular weight is 402 g/mol. The van der Waals surface area contributed by atoms with Gasteiger partial charge in [-0.3, -0.25) is 0 Å². The molecular formula is C26H31NOSi. The topological polar surface area (TPSA) is 21.3 Å². The van der Waals surface area contributed by atoms with Crippen LogP contribution >= 0.6 is 0 Å². The molecule has 29 heavy (non-hydrogen) atoms. The molecule has 0 unspecified atom stereocenters. The third-order valence-corrected chi connectivity index (χ3v) is 11.0. The van der Waals surface area contributed by atoms with E-state index in [0.717, 1.165) is 19.5 Å². The first kappa shape index (κ1) is 20.1. The van der Waals surface area contributed by atoms with Crippen LogP contribution in [-0.2, 0) is 24.0 Å². The van der Waals surface area contributed by atoms with Crippen LogP contribution in [0.1, 0.15) is 37.5 Å². The molecule has 0 atom stereocenters. The summed E-state index contributed by atoms with van der Waals surface area (Å²) in [5.74, 6) is 0. The smallest absolute Gasteiger partial charge is 0.261 e. The first-order valence-corrected chi connectivity index (χ1v) is 12.5. The van der Waals surface area contributed by atoms with E-state index >= 15 is 0 Å². The van der Waals surface area contributed by atoms with Crippen LogP contribution in [-0.4, -0.2) is 14.9 Å². The van der Waals surface area contributed by atoms with E-state index < -0.39 is 8.32 Å². The standard InChI is InChI=1S/C26H31NOSi/c1-26(2,3)29(24-10-6-4-7-11-24,25-12-8-5-9-13-25)28-20-21-14-15-23-19-27-17-16-22(23)18-21/h4-15,18,27H,16-17,19-20H2,1-3H3. The Kier molecular flexibility index (Phi) is 5.73. The fourth-order valence-electron chi connectivity index (χ4n) is 4.57. The maximum absolute atomic E-state index is 7.07. The normalized spacial score (nSPS) is 14.4. The Labute approximate surface area is 176 Å². The monoisotopic (exact) mass is 401 g/mol. The number of hydrogen-bond acceptors (Lipinski definition) is 2. The Morgan fingerprint density at radius 2 is 1.45 bits per heavy atom. The molecule has 1 aliphatic rings. The number of nitrogens with one attached hydrogen (secondary N) is 1. The molecular weight excluding hydrogens is 370 g/mol. The van der Waals surface area contributed by atoms with E-state index in [0.29, 0.717) is 6.61 Å². The second-order valence-electron chi connectivity index (χ2n) is 8.98. The van der Waals surface area contributed by atoms with E-state index in [1.54, 1.807) is 0 Å². The fraction of sp³-hybridized carbons (Fsp3) is 0.308. The van der Waals surface area contributed by atoms with Gasteiger partial charge in [0.05, 0.1) is 6.61 Å². The molecule has 3 heteroatoms. The molecule has 3 aromatic rings. The SMILES string of the molecule is CC(C)(C)[Si](OCc1ccc2c(c1)CCNC2)(c1ccccc1)c1ccccc1. The molecule has 0 aromatic heterocycles. The molecule has 1 N–H and O–H groups in total. The predicted molar refractivity (Wildman–Crippen MR) is 124 cm³/mol.